The Kier molecular flexibility index (Phi) is 3.37. The molecule has 120 valence electrons. The minimum Gasteiger partial charge on any atom is -0.363 e. The summed E-state index contributed by atoms with van der Waals surface area (Å²) in [4.78, 5) is 23.9. The molecule has 1 saturated carbocycles. The molecule has 2 aliphatic rings. The average Bonchev–Trinajstić information content (AvgIpc) is 3.00. The van der Waals surface area contributed by atoms with Gasteiger partial charge in [-0.3, -0.25) is 9.59 Å². The predicted molar refractivity (Wildman–Crippen MR) is 66.7 cm³/mol. The van der Waals surface area contributed by atoms with Gasteiger partial charge in [0.25, 0.3) is 5.91 Å². The molecule has 2 amide bonds. The molecule has 0 bridgehead atoms. The van der Waals surface area contributed by atoms with Crippen LogP contribution in [0.25, 0.3) is 0 Å². The van der Waals surface area contributed by atoms with E-state index in [2.05, 4.69) is 20.3 Å². The van der Waals surface area contributed by atoms with Crippen LogP contribution in [-0.2, 0) is 11.0 Å². The lowest BCUT2D eigenvalue weighted by Crippen LogP contribution is -2.57. The third-order valence-electron chi connectivity index (χ3n) is 4.29. The summed E-state index contributed by atoms with van der Waals surface area (Å²) >= 11 is 0. The van der Waals surface area contributed by atoms with Gasteiger partial charge in [0.05, 0.1) is 18.0 Å². The number of hydrogen-bond acceptors (Lipinski definition) is 4. The Hall–Kier alpha value is -2.06. The lowest BCUT2D eigenvalue weighted by Gasteiger charge is -2.38. The Morgan fingerprint density at radius 2 is 2.23 bits per heavy atom. The summed E-state index contributed by atoms with van der Waals surface area (Å²) in [5.41, 5.74) is -2.84. The van der Waals surface area contributed by atoms with Crippen LogP contribution in [0.5, 0.6) is 0 Å². The summed E-state index contributed by atoms with van der Waals surface area (Å²) in [6.45, 7) is 0. The van der Waals surface area contributed by atoms with Crippen LogP contribution in [0.4, 0.5) is 13.2 Å². The molecule has 1 aliphatic heterocycles. The van der Waals surface area contributed by atoms with E-state index >= 15 is 0 Å². The molecule has 9 heteroatoms. The van der Waals surface area contributed by atoms with Gasteiger partial charge < -0.3 is 15.2 Å². The average molecular weight is 317 g/mol. The molecule has 0 unspecified atom stereocenters. The molecule has 1 aliphatic carbocycles. The van der Waals surface area contributed by atoms with Crippen molar-refractivity contribution in [2.75, 3.05) is 0 Å². The SMILES string of the molecule is O=C1C[C@]2(NC(=O)c3conc3C(F)(F)F)CCCC[C@@H]2N1. The van der Waals surface area contributed by atoms with Crippen molar-refractivity contribution in [1.82, 2.24) is 15.8 Å². The molecular formula is C13H14F3N3O3. The monoisotopic (exact) mass is 317 g/mol. The molecule has 6 nitrogen and oxygen atoms in total. The van der Waals surface area contributed by atoms with Gasteiger partial charge >= 0.3 is 6.18 Å². The van der Waals surface area contributed by atoms with E-state index in [9.17, 15) is 22.8 Å². The first-order valence-electron chi connectivity index (χ1n) is 6.95. The molecule has 0 aromatic carbocycles. The zero-order chi connectivity index (χ0) is 16.0. The maximum Gasteiger partial charge on any atom is 0.437 e. The van der Waals surface area contributed by atoms with E-state index < -0.39 is 28.9 Å². The Bertz CT molecular complexity index is 613. The molecule has 22 heavy (non-hydrogen) atoms. The maximum absolute atomic E-state index is 12.8. The number of halogens is 3. The lowest BCUT2D eigenvalue weighted by atomic mass is 9.77. The van der Waals surface area contributed by atoms with E-state index in [1.54, 1.807) is 0 Å². The van der Waals surface area contributed by atoms with E-state index in [0.29, 0.717) is 19.1 Å². The van der Waals surface area contributed by atoms with Gasteiger partial charge in [0.15, 0.2) is 5.69 Å². The summed E-state index contributed by atoms with van der Waals surface area (Å²) in [6.07, 6.45) is -1.05. The van der Waals surface area contributed by atoms with E-state index in [4.69, 9.17) is 0 Å². The summed E-state index contributed by atoms with van der Waals surface area (Å²) in [5.74, 6) is -1.12. The highest BCUT2D eigenvalue weighted by Crippen LogP contribution is 2.36. The lowest BCUT2D eigenvalue weighted by molar-refractivity contribution is -0.143. The molecular weight excluding hydrogens is 303 g/mol. The largest absolute Gasteiger partial charge is 0.437 e. The second-order valence-corrected chi connectivity index (χ2v) is 5.73. The highest BCUT2D eigenvalue weighted by Gasteiger charge is 2.50. The Balaban J connectivity index is 1.85. The van der Waals surface area contributed by atoms with Crippen LogP contribution in [0.15, 0.2) is 10.8 Å². The minimum atomic E-state index is -4.77. The Morgan fingerprint density at radius 1 is 1.45 bits per heavy atom. The van der Waals surface area contributed by atoms with Gasteiger partial charge in [0.2, 0.25) is 5.91 Å². The minimum absolute atomic E-state index is 0.0794. The van der Waals surface area contributed by atoms with Crippen molar-refractivity contribution in [2.24, 2.45) is 0 Å². The van der Waals surface area contributed by atoms with Gasteiger partial charge in [-0.25, -0.2) is 0 Å². The number of amides is 2. The first kappa shape index (κ1) is 14.9. The number of aromatic nitrogens is 1. The quantitative estimate of drug-likeness (QED) is 0.868. The number of hydrogen-bond donors (Lipinski definition) is 2. The fourth-order valence-corrected chi connectivity index (χ4v) is 3.28. The van der Waals surface area contributed by atoms with Crippen LogP contribution >= 0.6 is 0 Å². The number of nitrogens with one attached hydrogen (secondary N) is 2. The number of carbonyl (C=O) groups is 2. The number of alkyl halides is 3. The van der Waals surface area contributed by atoms with Crippen molar-refractivity contribution in [3.8, 4) is 0 Å². The molecule has 3 rings (SSSR count). The Morgan fingerprint density at radius 3 is 2.95 bits per heavy atom. The van der Waals surface area contributed by atoms with Gasteiger partial charge in [-0.2, -0.15) is 13.2 Å². The molecule has 2 fully saturated rings. The fraction of sp³-hybridized carbons (Fsp3) is 0.615. The Labute approximate surface area is 123 Å². The highest BCUT2D eigenvalue weighted by molar-refractivity contribution is 5.96. The highest BCUT2D eigenvalue weighted by atomic mass is 19.4. The number of nitrogens with zero attached hydrogens (tertiary/aromatic N) is 1. The van der Waals surface area contributed by atoms with Crippen LogP contribution in [0, 0.1) is 0 Å². The third-order valence-corrected chi connectivity index (χ3v) is 4.29. The van der Waals surface area contributed by atoms with Crippen LogP contribution in [-0.4, -0.2) is 28.6 Å². The van der Waals surface area contributed by atoms with Crippen molar-refractivity contribution in [1.29, 1.82) is 0 Å². The smallest absolute Gasteiger partial charge is 0.363 e. The van der Waals surface area contributed by atoms with Crippen LogP contribution < -0.4 is 10.6 Å². The molecule has 2 heterocycles. The van der Waals surface area contributed by atoms with E-state index in [-0.39, 0.29) is 18.4 Å². The van der Waals surface area contributed by atoms with Crippen LogP contribution in [0.3, 0.4) is 0 Å². The summed E-state index contributed by atoms with van der Waals surface area (Å²) < 4.78 is 42.6. The molecule has 0 spiro atoms. The van der Waals surface area contributed by atoms with Crippen molar-refractivity contribution < 1.29 is 27.3 Å². The molecule has 1 saturated heterocycles. The zero-order valence-corrected chi connectivity index (χ0v) is 11.5. The van der Waals surface area contributed by atoms with Gasteiger partial charge in [-0.05, 0) is 12.8 Å². The second kappa shape index (κ2) is 4.99. The van der Waals surface area contributed by atoms with Crippen molar-refractivity contribution in [3.63, 3.8) is 0 Å². The fourth-order valence-electron chi connectivity index (χ4n) is 3.28. The van der Waals surface area contributed by atoms with Gasteiger partial charge in [-0.1, -0.05) is 18.0 Å². The summed E-state index contributed by atoms with van der Waals surface area (Å²) in [5, 5.41) is 8.25. The topological polar surface area (TPSA) is 84.2 Å². The van der Waals surface area contributed by atoms with E-state index in [1.165, 1.54) is 0 Å². The van der Waals surface area contributed by atoms with E-state index in [1.807, 2.05) is 0 Å². The standard InChI is InChI=1S/C13H14F3N3O3/c14-13(15,16)10-7(6-22-19-10)11(21)18-12-4-2-1-3-8(12)17-9(20)5-12/h6,8H,1-5H2,(H,17,20)(H,18,21)/t8-,12+/m0/s1. The van der Waals surface area contributed by atoms with E-state index in [0.717, 1.165) is 12.8 Å². The number of rotatable bonds is 2. The van der Waals surface area contributed by atoms with Crippen molar-refractivity contribution >= 4 is 11.8 Å². The maximum atomic E-state index is 12.8. The van der Waals surface area contributed by atoms with Crippen LogP contribution in [0.2, 0.25) is 0 Å². The van der Waals surface area contributed by atoms with Gasteiger partial charge in [-0.15, -0.1) is 0 Å². The number of fused-ring (bicyclic) bond motifs is 1. The summed E-state index contributed by atoms with van der Waals surface area (Å²) in [6, 6.07) is -0.244. The van der Waals surface area contributed by atoms with Crippen molar-refractivity contribution in [3.05, 3.63) is 17.5 Å². The molecule has 1 aromatic heterocycles. The third kappa shape index (κ3) is 2.44. The van der Waals surface area contributed by atoms with Gasteiger partial charge in [0.1, 0.15) is 11.8 Å². The molecule has 0 radical (unpaired) electrons. The zero-order valence-electron chi connectivity index (χ0n) is 11.5. The molecule has 1 aromatic rings. The van der Waals surface area contributed by atoms with Gasteiger partial charge in [0, 0.05) is 0 Å². The first-order valence-corrected chi connectivity index (χ1v) is 6.95. The molecule has 2 N–H and O–H groups in total. The van der Waals surface area contributed by atoms with Crippen LogP contribution in [0.1, 0.15) is 48.2 Å². The predicted octanol–water partition coefficient (Wildman–Crippen LogP) is 1.62. The number of carbonyl (C=O) groups excluding carboxylic acids is 2. The van der Waals surface area contributed by atoms with Crippen molar-refractivity contribution in [2.45, 2.75) is 49.9 Å². The first-order chi connectivity index (χ1) is 10.3. The summed E-state index contributed by atoms with van der Waals surface area (Å²) in [7, 11) is 0. The second-order valence-electron chi connectivity index (χ2n) is 5.73. The molecule has 2 atom stereocenters. The normalized spacial score (nSPS) is 28.1.